The van der Waals surface area contributed by atoms with Crippen molar-refractivity contribution in [1.29, 1.82) is 0 Å². The summed E-state index contributed by atoms with van der Waals surface area (Å²) < 4.78 is 0. The van der Waals surface area contributed by atoms with Crippen LogP contribution < -0.4 is 0 Å². The summed E-state index contributed by atoms with van der Waals surface area (Å²) >= 11 is 0. The zero-order valence-electron chi connectivity index (χ0n) is 25.2. The minimum absolute atomic E-state index is 0.858. The standard InChI is InChI=1S/C35H60/c1-10-30(4)18-12-20-32(6)22-14-24-34(8)26-16-28-35(9)27-15-25-33(7)23-13-21-31(5)19-11-17-29(2)3/h17,20-21,24-25,28,30H,10-16,18-19,22-23,26-27H2,1-9H3. The van der Waals surface area contributed by atoms with Crippen molar-refractivity contribution in [3.63, 3.8) is 0 Å². The number of hydrogen-bond acceptors (Lipinski definition) is 0. The Morgan fingerprint density at radius 2 is 0.743 bits per heavy atom. The summed E-state index contributed by atoms with van der Waals surface area (Å²) in [5.74, 6) is 0.858. The maximum absolute atomic E-state index is 2.46. The molecule has 0 bridgehead atoms. The van der Waals surface area contributed by atoms with Crippen LogP contribution in [0.3, 0.4) is 0 Å². The minimum Gasteiger partial charge on any atom is -0.0856 e. The zero-order valence-corrected chi connectivity index (χ0v) is 25.2. The van der Waals surface area contributed by atoms with Gasteiger partial charge in [0.1, 0.15) is 0 Å². The lowest BCUT2D eigenvalue weighted by molar-refractivity contribution is 0.521. The Balaban J connectivity index is 4.11. The predicted octanol–water partition coefficient (Wildman–Crippen LogP) is 12.4. The highest BCUT2D eigenvalue weighted by molar-refractivity contribution is 5.08. The summed E-state index contributed by atoms with van der Waals surface area (Å²) in [6, 6.07) is 0. The molecule has 0 rings (SSSR count). The molecule has 0 saturated heterocycles. The molecule has 0 saturated carbocycles. The summed E-state index contributed by atoms with van der Waals surface area (Å²) in [6.45, 7) is 20.5. The first-order valence-electron chi connectivity index (χ1n) is 14.6. The molecule has 0 aromatic carbocycles. The molecule has 1 atom stereocenters. The van der Waals surface area contributed by atoms with E-state index in [2.05, 4.69) is 98.8 Å². The fourth-order valence-electron chi connectivity index (χ4n) is 4.10. The SMILES string of the molecule is CCC(C)CCC=C(C)CCC=C(C)CCC=C(C)CCC=C(C)CCC=C(C)CCC=C(C)C. The van der Waals surface area contributed by atoms with Crippen LogP contribution in [-0.2, 0) is 0 Å². The van der Waals surface area contributed by atoms with Gasteiger partial charge in [-0.25, -0.2) is 0 Å². The lowest BCUT2D eigenvalue weighted by Crippen LogP contribution is -1.90. The van der Waals surface area contributed by atoms with Gasteiger partial charge >= 0.3 is 0 Å². The molecule has 1 unspecified atom stereocenters. The Hall–Kier alpha value is -1.56. The van der Waals surface area contributed by atoms with Crippen molar-refractivity contribution < 1.29 is 0 Å². The van der Waals surface area contributed by atoms with Crippen LogP contribution >= 0.6 is 0 Å². The molecule has 0 nitrogen and oxygen atoms in total. The first-order chi connectivity index (χ1) is 16.6. The molecule has 0 amide bonds. The van der Waals surface area contributed by atoms with Gasteiger partial charge in [-0.2, -0.15) is 0 Å². The molecule has 200 valence electrons. The van der Waals surface area contributed by atoms with Crippen LogP contribution in [0.4, 0.5) is 0 Å². The van der Waals surface area contributed by atoms with Crippen molar-refractivity contribution in [2.24, 2.45) is 5.92 Å². The molecule has 0 heterocycles. The fraction of sp³-hybridized carbons (Fsp3) is 0.657. The molecule has 0 heteroatoms. The first-order valence-corrected chi connectivity index (χ1v) is 14.6. The maximum atomic E-state index is 2.46. The first kappa shape index (κ1) is 33.4. The van der Waals surface area contributed by atoms with E-state index in [1.54, 1.807) is 11.1 Å². The van der Waals surface area contributed by atoms with Gasteiger partial charge in [-0.3, -0.25) is 0 Å². The summed E-state index contributed by atoms with van der Waals surface area (Å²) in [6.07, 6.45) is 30.4. The van der Waals surface area contributed by atoms with Gasteiger partial charge < -0.3 is 0 Å². The summed E-state index contributed by atoms with van der Waals surface area (Å²) in [5.41, 5.74) is 9.13. The monoisotopic (exact) mass is 480 g/mol. The van der Waals surface area contributed by atoms with Crippen molar-refractivity contribution in [2.45, 2.75) is 146 Å². The quantitative estimate of drug-likeness (QED) is 0.161. The van der Waals surface area contributed by atoms with E-state index in [-0.39, 0.29) is 0 Å². The fourth-order valence-corrected chi connectivity index (χ4v) is 4.10. The van der Waals surface area contributed by atoms with Gasteiger partial charge in [0.25, 0.3) is 0 Å². The Bertz CT molecular complexity index is 728. The van der Waals surface area contributed by atoms with E-state index < -0.39 is 0 Å². The van der Waals surface area contributed by atoms with Gasteiger partial charge in [0, 0.05) is 0 Å². The van der Waals surface area contributed by atoms with Crippen molar-refractivity contribution >= 4 is 0 Å². The number of rotatable bonds is 19. The molecule has 0 aliphatic carbocycles. The Morgan fingerprint density at radius 3 is 1.03 bits per heavy atom. The van der Waals surface area contributed by atoms with Gasteiger partial charge in [-0.15, -0.1) is 0 Å². The van der Waals surface area contributed by atoms with E-state index in [0.717, 1.165) is 5.92 Å². The molecule has 0 aliphatic heterocycles. The smallest absolute Gasteiger partial charge is 0.0288 e. The van der Waals surface area contributed by atoms with E-state index >= 15 is 0 Å². The third-order valence-corrected chi connectivity index (χ3v) is 7.07. The third kappa shape index (κ3) is 22.6. The van der Waals surface area contributed by atoms with E-state index in [4.69, 9.17) is 0 Å². The average molecular weight is 481 g/mol. The van der Waals surface area contributed by atoms with E-state index in [1.807, 2.05) is 0 Å². The average Bonchev–Trinajstić information content (AvgIpc) is 2.78. The molecular weight excluding hydrogens is 420 g/mol. The molecule has 0 N–H and O–H groups in total. The highest BCUT2D eigenvalue weighted by atomic mass is 14.0. The summed E-state index contributed by atoms with van der Waals surface area (Å²) in [5, 5.41) is 0. The summed E-state index contributed by atoms with van der Waals surface area (Å²) in [7, 11) is 0. The van der Waals surface area contributed by atoms with Crippen LogP contribution in [-0.4, -0.2) is 0 Å². The van der Waals surface area contributed by atoms with Gasteiger partial charge in [0.2, 0.25) is 0 Å². The van der Waals surface area contributed by atoms with Gasteiger partial charge in [0.05, 0.1) is 0 Å². The molecule has 0 aromatic rings. The van der Waals surface area contributed by atoms with E-state index in [0.29, 0.717) is 0 Å². The number of allylic oxidation sites excluding steroid dienone is 12. The molecular formula is C35H60. The molecule has 0 fully saturated rings. The molecule has 0 radical (unpaired) electrons. The van der Waals surface area contributed by atoms with Crippen LogP contribution in [0, 0.1) is 5.92 Å². The van der Waals surface area contributed by atoms with Gasteiger partial charge in [-0.1, -0.05) is 90.2 Å². The van der Waals surface area contributed by atoms with Crippen molar-refractivity contribution in [1.82, 2.24) is 0 Å². The number of hydrogen-bond donors (Lipinski definition) is 0. The van der Waals surface area contributed by atoms with Crippen LogP contribution in [0.25, 0.3) is 0 Å². The van der Waals surface area contributed by atoms with Gasteiger partial charge in [0.15, 0.2) is 0 Å². The predicted molar refractivity (Wildman–Crippen MR) is 163 cm³/mol. The second kappa shape index (κ2) is 21.7. The highest BCUT2D eigenvalue weighted by Gasteiger charge is 1.98. The molecule has 35 heavy (non-hydrogen) atoms. The Labute approximate surface area is 221 Å². The largest absolute Gasteiger partial charge is 0.0856 e. The van der Waals surface area contributed by atoms with Crippen LogP contribution in [0.5, 0.6) is 0 Å². The highest BCUT2D eigenvalue weighted by Crippen LogP contribution is 2.16. The second-order valence-electron chi connectivity index (χ2n) is 11.3. The Kier molecular flexibility index (Phi) is 20.7. The Morgan fingerprint density at radius 1 is 0.457 bits per heavy atom. The van der Waals surface area contributed by atoms with Crippen molar-refractivity contribution in [3.05, 3.63) is 69.9 Å². The van der Waals surface area contributed by atoms with Crippen LogP contribution in [0.2, 0.25) is 0 Å². The molecule has 0 aromatic heterocycles. The topological polar surface area (TPSA) is 0 Å². The second-order valence-corrected chi connectivity index (χ2v) is 11.3. The minimum atomic E-state index is 0.858. The summed E-state index contributed by atoms with van der Waals surface area (Å²) in [4.78, 5) is 0. The van der Waals surface area contributed by atoms with Crippen molar-refractivity contribution in [3.8, 4) is 0 Å². The normalized spacial score (nSPS) is 14.9. The van der Waals surface area contributed by atoms with E-state index in [9.17, 15) is 0 Å². The molecule has 0 spiro atoms. The van der Waals surface area contributed by atoms with Crippen molar-refractivity contribution in [2.75, 3.05) is 0 Å². The zero-order chi connectivity index (χ0) is 26.5. The third-order valence-electron chi connectivity index (χ3n) is 7.07. The molecule has 0 aliphatic rings. The van der Waals surface area contributed by atoms with Crippen LogP contribution in [0.15, 0.2) is 69.9 Å². The van der Waals surface area contributed by atoms with Gasteiger partial charge in [-0.05, 0) is 131 Å². The lowest BCUT2D eigenvalue weighted by Gasteiger charge is -2.06. The lowest BCUT2D eigenvalue weighted by atomic mass is 10.0. The van der Waals surface area contributed by atoms with Crippen LogP contribution in [0.1, 0.15) is 146 Å². The maximum Gasteiger partial charge on any atom is -0.0288 e. The van der Waals surface area contributed by atoms with E-state index in [1.165, 1.54) is 106 Å².